The molecule has 1 aromatic carbocycles. The Morgan fingerprint density at radius 3 is 2.44 bits per heavy atom. The van der Waals surface area contributed by atoms with E-state index in [-0.39, 0.29) is 0 Å². The van der Waals surface area contributed by atoms with Crippen LogP contribution in [0, 0.1) is 0 Å². The minimum Gasteiger partial charge on any atom is -0.371 e. The fourth-order valence-electron chi connectivity index (χ4n) is 2.63. The Labute approximate surface area is 119 Å². The Kier molecular flexibility index (Phi) is 5.07. The summed E-state index contributed by atoms with van der Waals surface area (Å²) in [7, 11) is 2.03. The largest absolute Gasteiger partial charge is 0.371 e. The van der Waals surface area contributed by atoms with E-state index in [9.17, 15) is 0 Å². The zero-order valence-corrected chi connectivity index (χ0v) is 13.0. The quantitative estimate of drug-likeness (QED) is 0.904. The Hall–Kier alpha value is -0.540. The van der Waals surface area contributed by atoms with Crippen LogP contribution in [0.5, 0.6) is 0 Å². The highest BCUT2D eigenvalue weighted by Gasteiger charge is 2.16. The first-order chi connectivity index (χ1) is 8.72. The van der Waals surface area contributed by atoms with Gasteiger partial charge in [-0.3, -0.25) is 0 Å². The van der Waals surface area contributed by atoms with E-state index in [1.165, 1.54) is 50.0 Å². The first-order valence-corrected chi connectivity index (χ1v) is 7.73. The summed E-state index contributed by atoms with van der Waals surface area (Å²) in [5, 5.41) is 3.36. The van der Waals surface area contributed by atoms with Crippen molar-refractivity contribution < 1.29 is 0 Å². The van der Waals surface area contributed by atoms with E-state index in [0.29, 0.717) is 6.04 Å². The van der Waals surface area contributed by atoms with Crippen molar-refractivity contribution in [2.75, 3.05) is 25.0 Å². The molecule has 0 amide bonds. The number of benzene rings is 1. The number of nitrogens with one attached hydrogen (secondary N) is 1. The van der Waals surface area contributed by atoms with Gasteiger partial charge in [0.15, 0.2) is 0 Å². The maximum atomic E-state index is 3.59. The van der Waals surface area contributed by atoms with Gasteiger partial charge in [-0.15, -0.1) is 0 Å². The van der Waals surface area contributed by atoms with Crippen molar-refractivity contribution in [3.63, 3.8) is 0 Å². The predicted molar refractivity (Wildman–Crippen MR) is 82.3 cm³/mol. The van der Waals surface area contributed by atoms with Gasteiger partial charge in [0.1, 0.15) is 0 Å². The van der Waals surface area contributed by atoms with Crippen LogP contribution in [0.1, 0.15) is 44.2 Å². The lowest BCUT2D eigenvalue weighted by molar-refractivity contribution is 0.646. The predicted octanol–water partition coefficient (Wildman–Crippen LogP) is 4.11. The fraction of sp³-hybridized carbons (Fsp3) is 0.600. The van der Waals surface area contributed by atoms with Gasteiger partial charge in [-0.1, -0.05) is 28.8 Å². The summed E-state index contributed by atoms with van der Waals surface area (Å²) in [6.07, 6.45) is 5.40. The molecule has 0 aliphatic carbocycles. The van der Waals surface area contributed by atoms with Gasteiger partial charge < -0.3 is 10.2 Å². The van der Waals surface area contributed by atoms with Crippen LogP contribution in [0.15, 0.2) is 22.7 Å². The lowest BCUT2D eigenvalue weighted by Crippen LogP contribution is -2.26. The molecular formula is C15H23BrN2. The van der Waals surface area contributed by atoms with Gasteiger partial charge in [0.2, 0.25) is 0 Å². The van der Waals surface area contributed by atoms with Crippen LogP contribution in [0.25, 0.3) is 0 Å². The minimum atomic E-state index is 0.390. The molecule has 0 bridgehead atoms. The zero-order valence-electron chi connectivity index (χ0n) is 11.4. The van der Waals surface area contributed by atoms with Crippen LogP contribution >= 0.6 is 15.9 Å². The molecule has 1 fully saturated rings. The van der Waals surface area contributed by atoms with Gasteiger partial charge in [-0.05, 0) is 50.6 Å². The molecule has 0 saturated carbocycles. The molecule has 18 heavy (non-hydrogen) atoms. The van der Waals surface area contributed by atoms with Crippen molar-refractivity contribution in [3.05, 3.63) is 28.2 Å². The van der Waals surface area contributed by atoms with Crippen LogP contribution in [0.2, 0.25) is 0 Å². The smallest absolute Gasteiger partial charge is 0.0415 e. The van der Waals surface area contributed by atoms with E-state index >= 15 is 0 Å². The third kappa shape index (κ3) is 3.27. The zero-order chi connectivity index (χ0) is 13.0. The molecule has 1 atom stereocenters. The molecule has 0 radical (unpaired) electrons. The Balaban J connectivity index is 2.29. The monoisotopic (exact) mass is 310 g/mol. The molecule has 2 nitrogen and oxygen atoms in total. The van der Waals surface area contributed by atoms with Crippen LogP contribution in [-0.4, -0.2) is 20.1 Å². The summed E-state index contributed by atoms with van der Waals surface area (Å²) < 4.78 is 1.16. The molecule has 1 aliphatic rings. The lowest BCUT2D eigenvalue weighted by atomic mass is 10.0. The van der Waals surface area contributed by atoms with E-state index in [1.54, 1.807) is 0 Å². The first kappa shape index (κ1) is 13.9. The number of hydrogen-bond donors (Lipinski definition) is 1. The topological polar surface area (TPSA) is 15.3 Å². The highest BCUT2D eigenvalue weighted by atomic mass is 79.9. The summed E-state index contributed by atoms with van der Waals surface area (Å²) in [6.45, 7) is 4.62. The van der Waals surface area contributed by atoms with Crippen LogP contribution < -0.4 is 10.2 Å². The van der Waals surface area contributed by atoms with E-state index in [1.807, 2.05) is 7.05 Å². The van der Waals surface area contributed by atoms with Crippen molar-refractivity contribution in [1.82, 2.24) is 5.32 Å². The SMILES string of the molecule is CNC(C)c1cc(Br)ccc1N1CCCCCC1. The Bertz CT molecular complexity index is 384. The standard InChI is InChI=1S/C15H23BrN2/c1-12(17-2)14-11-13(16)7-8-15(14)18-9-5-3-4-6-10-18/h7-8,11-12,17H,3-6,9-10H2,1-2H3. The Morgan fingerprint density at radius 2 is 1.83 bits per heavy atom. The molecule has 3 heteroatoms. The number of halogens is 1. The van der Waals surface area contributed by atoms with Gasteiger partial charge in [0.05, 0.1) is 0 Å². The summed E-state index contributed by atoms with van der Waals surface area (Å²) >= 11 is 3.59. The normalized spacial score (nSPS) is 18.5. The number of anilines is 1. The van der Waals surface area contributed by atoms with Crippen LogP contribution in [0.4, 0.5) is 5.69 Å². The molecule has 2 rings (SSSR count). The number of rotatable bonds is 3. The van der Waals surface area contributed by atoms with Gasteiger partial charge in [-0.2, -0.15) is 0 Å². The van der Waals surface area contributed by atoms with Crippen molar-refractivity contribution in [2.24, 2.45) is 0 Å². The molecule has 0 aromatic heterocycles. The van der Waals surface area contributed by atoms with E-state index in [0.717, 1.165) is 4.47 Å². The van der Waals surface area contributed by atoms with Gasteiger partial charge in [0, 0.05) is 29.3 Å². The second-order valence-corrected chi connectivity index (χ2v) is 6.03. The number of hydrogen-bond acceptors (Lipinski definition) is 2. The molecule has 1 aromatic rings. The van der Waals surface area contributed by atoms with Crippen molar-refractivity contribution >= 4 is 21.6 Å². The highest BCUT2D eigenvalue weighted by molar-refractivity contribution is 9.10. The van der Waals surface area contributed by atoms with Gasteiger partial charge in [-0.25, -0.2) is 0 Å². The maximum Gasteiger partial charge on any atom is 0.0415 e. The second kappa shape index (κ2) is 6.58. The first-order valence-electron chi connectivity index (χ1n) is 6.94. The van der Waals surface area contributed by atoms with Crippen molar-refractivity contribution in [3.8, 4) is 0 Å². The van der Waals surface area contributed by atoms with Crippen LogP contribution in [-0.2, 0) is 0 Å². The van der Waals surface area contributed by atoms with Gasteiger partial charge >= 0.3 is 0 Å². The van der Waals surface area contributed by atoms with Crippen molar-refractivity contribution in [1.29, 1.82) is 0 Å². The summed E-state index contributed by atoms with van der Waals surface area (Å²) in [5.74, 6) is 0. The lowest BCUT2D eigenvalue weighted by Gasteiger charge is -2.27. The molecule has 1 heterocycles. The fourth-order valence-corrected chi connectivity index (χ4v) is 3.01. The van der Waals surface area contributed by atoms with Crippen molar-refractivity contribution in [2.45, 2.75) is 38.6 Å². The average Bonchev–Trinajstić information content (AvgIpc) is 2.66. The molecule has 1 aliphatic heterocycles. The minimum absolute atomic E-state index is 0.390. The molecule has 100 valence electrons. The van der Waals surface area contributed by atoms with E-state index in [2.05, 4.69) is 51.3 Å². The molecule has 1 N–H and O–H groups in total. The molecular weight excluding hydrogens is 288 g/mol. The summed E-state index contributed by atoms with van der Waals surface area (Å²) in [4.78, 5) is 2.56. The highest BCUT2D eigenvalue weighted by Crippen LogP contribution is 2.30. The molecule has 1 unspecified atom stereocenters. The third-order valence-electron chi connectivity index (χ3n) is 3.84. The van der Waals surface area contributed by atoms with E-state index in [4.69, 9.17) is 0 Å². The second-order valence-electron chi connectivity index (χ2n) is 5.11. The Morgan fingerprint density at radius 1 is 1.17 bits per heavy atom. The third-order valence-corrected chi connectivity index (χ3v) is 4.33. The van der Waals surface area contributed by atoms with Gasteiger partial charge in [0.25, 0.3) is 0 Å². The average molecular weight is 311 g/mol. The molecule has 1 saturated heterocycles. The van der Waals surface area contributed by atoms with Crippen LogP contribution in [0.3, 0.4) is 0 Å². The number of nitrogens with zero attached hydrogens (tertiary/aromatic N) is 1. The summed E-state index contributed by atoms with van der Waals surface area (Å²) in [5.41, 5.74) is 2.80. The summed E-state index contributed by atoms with van der Waals surface area (Å²) in [6, 6.07) is 7.06. The van der Waals surface area contributed by atoms with E-state index < -0.39 is 0 Å². The maximum absolute atomic E-state index is 3.59. The molecule has 0 spiro atoms.